The van der Waals surface area contributed by atoms with Crippen LogP contribution in [0, 0.1) is 15.9 Å². The van der Waals surface area contributed by atoms with E-state index in [4.69, 9.17) is 0 Å². The van der Waals surface area contributed by atoms with Gasteiger partial charge in [-0.05, 0) is 30.3 Å². The van der Waals surface area contributed by atoms with Crippen LogP contribution in [0.15, 0.2) is 42.5 Å². The summed E-state index contributed by atoms with van der Waals surface area (Å²) < 4.78 is 53.3. The van der Waals surface area contributed by atoms with Gasteiger partial charge >= 0.3 is 6.18 Å². The predicted molar refractivity (Wildman–Crippen MR) is 108 cm³/mol. The summed E-state index contributed by atoms with van der Waals surface area (Å²) in [5.41, 5.74) is -1.64. The van der Waals surface area contributed by atoms with Gasteiger partial charge in [-0.2, -0.15) is 13.2 Å². The van der Waals surface area contributed by atoms with E-state index in [-0.39, 0.29) is 37.8 Å². The van der Waals surface area contributed by atoms with Crippen molar-refractivity contribution in [1.29, 1.82) is 0 Å². The Morgan fingerprint density at radius 2 is 1.77 bits per heavy atom. The van der Waals surface area contributed by atoms with E-state index in [0.717, 1.165) is 12.1 Å². The van der Waals surface area contributed by atoms with Gasteiger partial charge in [0, 0.05) is 42.3 Å². The zero-order chi connectivity index (χ0) is 22.3. The van der Waals surface area contributed by atoms with E-state index in [1.807, 2.05) is 0 Å². The van der Waals surface area contributed by atoms with Crippen molar-refractivity contribution in [1.82, 2.24) is 4.90 Å². The molecule has 2 heterocycles. The summed E-state index contributed by atoms with van der Waals surface area (Å²) in [5, 5.41) is 11.7. The van der Waals surface area contributed by atoms with Crippen LogP contribution in [0.5, 0.6) is 0 Å². The monoisotopic (exact) mass is 453 g/mol. The van der Waals surface area contributed by atoms with E-state index in [2.05, 4.69) is 0 Å². The van der Waals surface area contributed by atoms with Gasteiger partial charge < -0.3 is 9.80 Å². The Bertz CT molecular complexity index is 1170. The molecule has 6 nitrogen and oxygen atoms in total. The third-order valence-electron chi connectivity index (χ3n) is 5.13. The summed E-state index contributed by atoms with van der Waals surface area (Å²) in [6, 6.07) is 8.54. The first-order valence-corrected chi connectivity index (χ1v) is 10.0. The quantitative estimate of drug-likeness (QED) is 0.321. The van der Waals surface area contributed by atoms with E-state index in [9.17, 15) is 32.5 Å². The largest absolute Gasteiger partial charge is 0.416 e. The van der Waals surface area contributed by atoms with E-state index in [1.165, 1.54) is 23.5 Å². The number of halogens is 4. The van der Waals surface area contributed by atoms with Crippen LogP contribution < -0.4 is 4.90 Å². The average Bonchev–Trinajstić information content (AvgIpc) is 3.18. The lowest BCUT2D eigenvalue weighted by Crippen LogP contribution is -2.48. The Morgan fingerprint density at radius 3 is 2.39 bits per heavy atom. The van der Waals surface area contributed by atoms with Crippen molar-refractivity contribution >= 4 is 38.7 Å². The molecule has 1 fully saturated rings. The number of hydrogen-bond donors (Lipinski definition) is 0. The van der Waals surface area contributed by atoms with Crippen LogP contribution in [0.25, 0.3) is 10.1 Å². The van der Waals surface area contributed by atoms with Crippen molar-refractivity contribution in [2.45, 2.75) is 6.18 Å². The number of benzene rings is 2. The van der Waals surface area contributed by atoms with Gasteiger partial charge in [-0.1, -0.05) is 6.07 Å². The number of nitro groups is 1. The zero-order valence-corrected chi connectivity index (χ0v) is 16.7. The summed E-state index contributed by atoms with van der Waals surface area (Å²) in [7, 11) is 0. The fourth-order valence-electron chi connectivity index (χ4n) is 3.55. The van der Waals surface area contributed by atoms with E-state index >= 15 is 0 Å². The fraction of sp³-hybridized carbons (Fsp3) is 0.250. The smallest absolute Gasteiger partial charge is 0.362 e. The minimum absolute atomic E-state index is 0.0778. The maximum atomic E-state index is 13.9. The third kappa shape index (κ3) is 4.05. The molecule has 1 aliphatic heterocycles. The number of carbonyl (C=O) groups is 1. The lowest BCUT2D eigenvalue weighted by atomic mass is 10.1. The molecule has 1 saturated heterocycles. The topological polar surface area (TPSA) is 66.7 Å². The Labute approximate surface area is 177 Å². The lowest BCUT2D eigenvalue weighted by molar-refractivity contribution is -0.384. The highest BCUT2D eigenvalue weighted by Gasteiger charge is 2.34. The normalized spacial score (nSPS) is 14.8. The highest BCUT2D eigenvalue weighted by molar-refractivity contribution is 7.20. The van der Waals surface area contributed by atoms with E-state index in [1.54, 1.807) is 21.9 Å². The van der Waals surface area contributed by atoms with Gasteiger partial charge in [-0.15, -0.1) is 11.3 Å². The molecule has 1 amide bonds. The van der Waals surface area contributed by atoms with Crippen LogP contribution in [0.4, 0.5) is 28.9 Å². The fourth-order valence-corrected chi connectivity index (χ4v) is 4.59. The lowest BCUT2D eigenvalue weighted by Gasteiger charge is -2.35. The van der Waals surface area contributed by atoms with Crippen LogP contribution in [0.1, 0.15) is 15.2 Å². The molecule has 0 aliphatic carbocycles. The van der Waals surface area contributed by atoms with Gasteiger partial charge in [-0.3, -0.25) is 14.9 Å². The first kappa shape index (κ1) is 21.0. The zero-order valence-electron chi connectivity index (χ0n) is 15.9. The number of alkyl halides is 3. The van der Waals surface area contributed by atoms with Crippen LogP contribution in [-0.4, -0.2) is 41.9 Å². The average molecular weight is 453 g/mol. The SMILES string of the molecule is O=C(c1cc2c(F)cccc2s1)N1CCN(c2ccc(C(F)(F)F)cc2[N+](=O)[O-])CC1. The Morgan fingerprint density at radius 1 is 1.06 bits per heavy atom. The Balaban J connectivity index is 1.51. The van der Waals surface area contributed by atoms with Gasteiger partial charge in [0.1, 0.15) is 11.5 Å². The number of nitro benzene ring substituents is 1. The molecule has 4 rings (SSSR count). The van der Waals surface area contributed by atoms with Gasteiger partial charge in [0.25, 0.3) is 11.6 Å². The van der Waals surface area contributed by atoms with Crippen molar-refractivity contribution in [2.75, 3.05) is 31.1 Å². The van der Waals surface area contributed by atoms with Gasteiger partial charge in [0.2, 0.25) is 0 Å². The highest BCUT2D eigenvalue weighted by Crippen LogP contribution is 2.37. The molecule has 0 unspecified atom stereocenters. The minimum atomic E-state index is -4.68. The number of nitrogens with zero attached hydrogens (tertiary/aromatic N) is 3. The van der Waals surface area contributed by atoms with Gasteiger partial charge in [0.05, 0.1) is 15.4 Å². The molecular weight excluding hydrogens is 438 g/mol. The second-order valence-corrected chi connectivity index (χ2v) is 8.08. The van der Waals surface area contributed by atoms with Crippen molar-refractivity contribution in [3.63, 3.8) is 0 Å². The molecule has 3 aromatic rings. The molecule has 1 aromatic heterocycles. The number of carbonyl (C=O) groups excluding carboxylic acids is 1. The number of thiophene rings is 1. The predicted octanol–water partition coefficient (Wildman–Crippen LogP) is 4.93. The molecule has 0 N–H and O–H groups in total. The molecule has 0 radical (unpaired) electrons. The molecule has 11 heteroatoms. The van der Waals surface area contributed by atoms with Crippen LogP contribution in [0.2, 0.25) is 0 Å². The maximum absolute atomic E-state index is 13.9. The first-order valence-electron chi connectivity index (χ1n) is 9.23. The summed E-state index contributed by atoms with van der Waals surface area (Å²) in [6.07, 6.45) is -4.68. The minimum Gasteiger partial charge on any atom is -0.362 e. The Hall–Kier alpha value is -3.21. The molecular formula is C20H15F4N3O3S. The summed E-state index contributed by atoms with van der Waals surface area (Å²) in [6.45, 7) is 0.899. The molecule has 0 saturated carbocycles. The summed E-state index contributed by atoms with van der Waals surface area (Å²) in [5.74, 6) is -0.686. The molecule has 1 aliphatic rings. The molecule has 2 aromatic carbocycles. The number of amides is 1. The van der Waals surface area contributed by atoms with Gasteiger partial charge in [-0.25, -0.2) is 4.39 Å². The number of piperazine rings is 1. The maximum Gasteiger partial charge on any atom is 0.416 e. The van der Waals surface area contributed by atoms with Crippen LogP contribution in [0.3, 0.4) is 0 Å². The molecule has 162 valence electrons. The second kappa shape index (κ2) is 7.80. The summed E-state index contributed by atoms with van der Waals surface area (Å²) in [4.78, 5) is 26.8. The number of hydrogen-bond acceptors (Lipinski definition) is 5. The number of rotatable bonds is 3. The van der Waals surface area contributed by atoms with Crippen LogP contribution in [-0.2, 0) is 6.18 Å². The van der Waals surface area contributed by atoms with Crippen molar-refractivity contribution in [2.24, 2.45) is 0 Å². The number of fused-ring (bicyclic) bond motifs is 1. The first-order chi connectivity index (χ1) is 14.6. The third-order valence-corrected chi connectivity index (χ3v) is 6.21. The standard InChI is InChI=1S/C20H15F4N3O3S/c21-14-2-1-3-17-13(14)11-18(31-17)19(28)26-8-6-25(7-9-26)15-5-4-12(20(22,23)24)10-16(15)27(29)30/h1-5,10-11H,6-9H2. The van der Waals surface area contributed by atoms with E-state index in [0.29, 0.717) is 21.0 Å². The highest BCUT2D eigenvalue weighted by atomic mass is 32.1. The van der Waals surface area contributed by atoms with Crippen molar-refractivity contribution in [3.05, 3.63) is 68.8 Å². The molecule has 31 heavy (non-hydrogen) atoms. The Kier molecular flexibility index (Phi) is 5.29. The molecule has 0 spiro atoms. The molecule has 0 bridgehead atoms. The molecule has 0 atom stereocenters. The van der Waals surface area contributed by atoms with E-state index < -0.39 is 28.2 Å². The van der Waals surface area contributed by atoms with Gasteiger partial charge in [0.15, 0.2) is 0 Å². The number of anilines is 1. The van der Waals surface area contributed by atoms with Crippen molar-refractivity contribution < 1.29 is 27.3 Å². The van der Waals surface area contributed by atoms with Crippen LogP contribution >= 0.6 is 11.3 Å². The van der Waals surface area contributed by atoms with Crippen molar-refractivity contribution in [3.8, 4) is 0 Å². The second-order valence-electron chi connectivity index (χ2n) is 7.00. The summed E-state index contributed by atoms with van der Waals surface area (Å²) >= 11 is 1.18.